The van der Waals surface area contributed by atoms with Gasteiger partial charge in [0.25, 0.3) is 0 Å². The van der Waals surface area contributed by atoms with Crippen molar-refractivity contribution in [3.8, 4) is 0 Å². The van der Waals surface area contributed by atoms with Gasteiger partial charge >= 0.3 is 0 Å². The van der Waals surface area contributed by atoms with E-state index in [-0.39, 0.29) is 11.2 Å². The zero-order valence-electron chi connectivity index (χ0n) is 9.93. The lowest BCUT2D eigenvalue weighted by Gasteiger charge is -2.20. The molecule has 1 aliphatic rings. The standard InChI is InChI=1S/C11H18N2O2S2/c1-8(6-12)9-7-16-11(13-9)10-4-2-3-5-17(10,14)15/h7-8,10H,2-6,12H2,1H3. The van der Waals surface area contributed by atoms with Crippen molar-refractivity contribution in [3.63, 3.8) is 0 Å². The summed E-state index contributed by atoms with van der Waals surface area (Å²) < 4.78 is 23.9. The summed E-state index contributed by atoms with van der Waals surface area (Å²) in [5.74, 6) is 0.505. The SMILES string of the molecule is CC(CN)c1csc(C2CCCCS2(=O)=O)n1. The van der Waals surface area contributed by atoms with Crippen molar-refractivity contribution in [3.05, 3.63) is 16.1 Å². The molecule has 0 saturated carbocycles. The van der Waals surface area contributed by atoms with E-state index in [2.05, 4.69) is 4.98 Å². The average molecular weight is 274 g/mol. The summed E-state index contributed by atoms with van der Waals surface area (Å²) in [5.41, 5.74) is 6.52. The van der Waals surface area contributed by atoms with Gasteiger partial charge in [-0.05, 0) is 12.8 Å². The fraction of sp³-hybridized carbons (Fsp3) is 0.727. The molecule has 0 aromatic carbocycles. The summed E-state index contributed by atoms with van der Waals surface area (Å²) in [6.07, 6.45) is 2.48. The Labute approximate surface area is 106 Å². The largest absolute Gasteiger partial charge is 0.330 e. The summed E-state index contributed by atoms with van der Waals surface area (Å²) in [4.78, 5) is 4.46. The van der Waals surface area contributed by atoms with Crippen LogP contribution in [-0.4, -0.2) is 25.7 Å². The first kappa shape index (κ1) is 13.0. The van der Waals surface area contributed by atoms with Crippen molar-refractivity contribution in [1.29, 1.82) is 0 Å². The molecule has 96 valence electrons. The number of hydrogen-bond acceptors (Lipinski definition) is 5. The van der Waals surface area contributed by atoms with Crippen LogP contribution < -0.4 is 5.73 Å². The first-order valence-corrected chi connectivity index (χ1v) is 8.51. The molecular formula is C11H18N2O2S2. The van der Waals surface area contributed by atoms with Gasteiger partial charge in [-0.15, -0.1) is 11.3 Å². The average Bonchev–Trinajstić information content (AvgIpc) is 2.76. The molecule has 4 nitrogen and oxygen atoms in total. The van der Waals surface area contributed by atoms with Crippen molar-refractivity contribution in [2.75, 3.05) is 12.3 Å². The van der Waals surface area contributed by atoms with Crippen LogP contribution in [0, 0.1) is 0 Å². The third kappa shape index (κ3) is 2.69. The summed E-state index contributed by atoms with van der Waals surface area (Å²) in [6.45, 7) is 2.55. The highest BCUT2D eigenvalue weighted by atomic mass is 32.2. The lowest BCUT2D eigenvalue weighted by molar-refractivity contribution is 0.544. The maximum Gasteiger partial charge on any atom is 0.159 e. The molecule has 0 radical (unpaired) electrons. The maximum absolute atomic E-state index is 12.0. The quantitative estimate of drug-likeness (QED) is 0.913. The van der Waals surface area contributed by atoms with Crippen LogP contribution in [0.2, 0.25) is 0 Å². The molecule has 1 saturated heterocycles. The molecule has 0 amide bonds. The van der Waals surface area contributed by atoms with Crippen molar-refractivity contribution >= 4 is 21.2 Å². The third-order valence-electron chi connectivity index (χ3n) is 3.25. The molecule has 0 spiro atoms. The first-order chi connectivity index (χ1) is 8.04. The van der Waals surface area contributed by atoms with Gasteiger partial charge < -0.3 is 5.73 Å². The van der Waals surface area contributed by atoms with Gasteiger partial charge in [0.15, 0.2) is 9.84 Å². The van der Waals surface area contributed by atoms with Crippen molar-refractivity contribution in [2.24, 2.45) is 5.73 Å². The van der Waals surface area contributed by atoms with Crippen molar-refractivity contribution in [1.82, 2.24) is 4.98 Å². The van der Waals surface area contributed by atoms with Gasteiger partial charge in [-0.3, -0.25) is 0 Å². The van der Waals surface area contributed by atoms with E-state index in [4.69, 9.17) is 5.73 Å². The monoisotopic (exact) mass is 274 g/mol. The Morgan fingerprint density at radius 2 is 2.35 bits per heavy atom. The Bertz CT molecular complexity index is 481. The molecule has 1 aromatic heterocycles. The van der Waals surface area contributed by atoms with Gasteiger partial charge in [0, 0.05) is 17.8 Å². The maximum atomic E-state index is 12.0. The van der Waals surface area contributed by atoms with E-state index in [9.17, 15) is 8.42 Å². The second-order valence-corrected chi connectivity index (χ2v) is 7.79. The van der Waals surface area contributed by atoms with Crippen LogP contribution in [0.15, 0.2) is 5.38 Å². The van der Waals surface area contributed by atoms with E-state index in [1.165, 1.54) is 11.3 Å². The van der Waals surface area contributed by atoms with Crippen LogP contribution >= 0.6 is 11.3 Å². The number of thiazole rings is 1. The lowest BCUT2D eigenvalue weighted by atomic mass is 10.1. The minimum Gasteiger partial charge on any atom is -0.330 e. The fourth-order valence-electron chi connectivity index (χ4n) is 2.03. The molecule has 1 fully saturated rings. The van der Waals surface area contributed by atoms with Crippen molar-refractivity contribution in [2.45, 2.75) is 37.4 Å². The van der Waals surface area contributed by atoms with Crippen molar-refractivity contribution < 1.29 is 8.42 Å². The predicted octanol–water partition coefficient (Wildman–Crippen LogP) is 1.85. The molecule has 2 heterocycles. The summed E-state index contributed by atoms with van der Waals surface area (Å²) in [6, 6.07) is 0. The van der Waals surface area contributed by atoms with Crippen LogP contribution in [0.4, 0.5) is 0 Å². The van der Waals surface area contributed by atoms with Gasteiger partial charge in [-0.1, -0.05) is 13.3 Å². The van der Waals surface area contributed by atoms with Gasteiger partial charge in [-0.2, -0.15) is 0 Å². The highest BCUT2D eigenvalue weighted by Gasteiger charge is 2.32. The molecule has 2 atom stereocenters. The summed E-state index contributed by atoms with van der Waals surface area (Å²) >= 11 is 1.46. The van der Waals surface area contributed by atoms with Crippen LogP contribution in [0.3, 0.4) is 0 Å². The Morgan fingerprint density at radius 3 is 3.00 bits per heavy atom. The van der Waals surface area contributed by atoms with Crippen LogP contribution in [-0.2, 0) is 9.84 Å². The number of aromatic nitrogens is 1. The number of nitrogens with zero attached hydrogens (tertiary/aromatic N) is 1. The number of rotatable bonds is 3. The van der Waals surface area contributed by atoms with Crippen LogP contribution in [0.1, 0.15) is 48.1 Å². The molecular weight excluding hydrogens is 256 g/mol. The smallest absolute Gasteiger partial charge is 0.159 e. The first-order valence-electron chi connectivity index (χ1n) is 5.91. The van der Waals surface area contributed by atoms with Crippen LogP contribution in [0.5, 0.6) is 0 Å². The van der Waals surface area contributed by atoms with Gasteiger partial charge in [0.1, 0.15) is 10.3 Å². The fourth-order valence-corrected chi connectivity index (χ4v) is 5.37. The van der Waals surface area contributed by atoms with E-state index in [0.29, 0.717) is 18.7 Å². The Morgan fingerprint density at radius 1 is 1.59 bits per heavy atom. The second-order valence-electron chi connectivity index (χ2n) is 4.60. The zero-order valence-corrected chi connectivity index (χ0v) is 11.6. The molecule has 1 aliphatic heterocycles. The summed E-state index contributed by atoms with van der Waals surface area (Å²) in [7, 11) is -2.98. The highest BCUT2D eigenvalue weighted by Crippen LogP contribution is 2.35. The van der Waals surface area contributed by atoms with E-state index in [0.717, 1.165) is 23.5 Å². The van der Waals surface area contributed by atoms with Gasteiger partial charge in [0.05, 0.1) is 11.4 Å². The van der Waals surface area contributed by atoms with E-state index < -0.39 is 9.84 Å². The topological polar surface area (TPSA) is 73.1 Å². The zero-order chi connectivity index (χ0) is 12.5. The molecule has 17 heavy (non-hydrogen) atoms. The van der Waals surface area contributed by atoms with Gasteiger partial charge in [-0.25, -0.2) is 13.4 Å². The number of nitrogens with two attached hydrogens (primary N) is 1. The Balaban J connectivity index is 2.25. The normalized spacial score (nSPS) is 25.6. The molecule has 2 unspecified atom stereocenters. The molecule has 6 heteroatoms. The van der Waals surface area contributed by atoms with Crippen LogP contribution in [0.25, 0.3) is 0 Å². The number of hydrogen-bond donors (Lipinski definition) is 1. The third-order valence-corrected chi connectivity index (χ3v) is 6.56. The predicted molar refractivity (Wildman–Crippen MR) is 70.0 cm³/mol. The minimum atomic E-state index is -2.98. The molecule has 2 N–H and O–H groups in total. The molecule has 0 aliphatic carbocycles. The van der Waals surface area contributed by atoms with Gasteiger partial charge in [0.2, 0.25) is 0 Å². The lowest BCUT2D eigenvalue weighted by Crippen LogP contribution is -2.21. The number of sulfone groups is 1. The molecule has 1 aromatic rings. The Hall–Kier alpha value is -0.460. The molecule has 0 bridgehead atoms. The summed E-state index contributed by atoms with van der Waals surface area (Å²) in [5, 5.41) is 2.32. The molecule has 2 rings (SSSR count). The second kappa shape index (κ2) is 5.04. The van der Waals surface area contributed by atoms with E-state index in [1.807, 2.05) is 12.3 Å². The minimum absolute atomic E-state index is 0.200. The van der Waals surface area contributed by atoms with E-state index >= 15 is 0 Å². The Kier molecular flexibility index (Phi) is 3.85. The van der Waals surface area contributed by atoms with E-state index in [1.54, 1.807) is 0 Å². The highest BCUT2D eigenvalue weighted by molar-refractivity contribution is 7.91.